The van der Waals surface area contributed by atoms with E-state index in [4.69, 9.17) is 0 Å². The van der Waals surface area contributed by atoms with E-state index in [-0.39, 0.29) is 11.9 Å². The van der Waals surface area contributed by atoms with Gasteiger partial charge in [0.15, 0.2) is 0 Å². The molecule has 2 aromatic rings. The van der Waals surface area contributed by atoms with E-state index < -0.39 is 0 Å². The first kappa shape index (κ1) is 13.1. The van der Waals surface area contributed by atoms with Gasteiger partial charge in [-0.25, -0.2) is 0 Å². The average molecular weight is 258 g/mol. The van der Waals surface area contributed by atoms with Crippen LogP contribution in [0.15, 0.2) is 36.7 Å². The van der Waals surface area contributed by atoms with E-state index in [9.17, 15) is 4.79 Å². The third kappa shape index (κ3) is 3.34. The molecule has 1 atom stereocenters. The molecule has 0 saturated carbocycles. The summed E-state index contributed by atoms with van der Waals surface area (Å²) >= 11 is 0. The Morgan fingerprint density at radius 2 is 2.11 bits per heavy atom. The summed E-state index contributed by atoms with van der Waals surface area (Å²) in [6.45, 7) is 4.83. The highest BCUT2D eigenvalue weighted by Gasteiger charge is 2.11. The van der Waals surface area contributed by atoms with Gasteiger partial charge in [-0.15, -0.1) is 0 Å². The second kappa shape index (κ2) is 6.04. The molecule has 19 heavy (non-hydrogen) atoms. The summed E-state index contributed by atoms with van der Waals surface area (Å²) in [5, 5.41) is 12.7. The molecular weight excluding hydrogens is 240 g/mol. The summed E-state index contributed by atoms with van der Waals surface area (Å²) in [6, 6.07) is 7.37. The van der Waals surface area contributed by atoms with Gasteiger partial charge in [0.05, 0.1) is 12.2 Å². The minimum Gasteiger partial charge on any atom is -0.385 e. The molecule has 2 rings (SSSR count). The highest BCUT2D eigenvalue weighted by atomic mass is 16.1. The molecule has 1 aromatic heterocycles. The Morgan fingerprint density at radius 3 is 2.68 bits per heavy atom. The molecule has 0 radical (unpaired) electrons. The Hall–Kier alpha value is -2.30. The fourth-order valence-corrected chi connectivity index (χ4v) is 1.80. The van der Waals surface area contributed by atoms with E-state index in [0.29, 0.717) is 5.56 Å². The number of H-pyrrole nitrogens is 1. The van der Waals surface area contributed by atoms with Crippen LogP contribution in [0.2, 0.25) is 0 Å². The number of aromatic amines is 1. The van der Waals surface area contributed by atoms with Crippen molar-refractivity contribution in [1.82, 2.24) is 15.5 Å². The standard InChI is InChI=1S/C14H18N4O/c1-3-15-13-6-4-11(5-7-13)14(19)18-10(2)12-8-16-17-9-12/h4-10,15H,3H2,1-2H3,(H,16,17)(H,18,19). The molecule has 100 valence electrons. The average Bonchev–Trinajstić information content (AvgIpc) is 2.94. The van der Waals surface area contributed by atoms with Crippen molar-refractivity contribution < 1.29 is 4.79 Å². The molecule has 0 fully saturated rings. The third-order valence-corrected chi connectivity index (χ3v) is 2.89. The molecule has 0 aliphatic rings. The Kier molecular flexibility index (Phi) is 4.18. The van der Waals surface area contributed by atoms with Crippen molar-refractivity contribution in [2.75, 3.05) is 11.9 Å². The summed E-state index contributed by atoms with van der Waals surface area (Å²) < 4.78 is 0. The lowest BCUT2D eigenvalue weighted by Gasteiger charge is -2.12. The van der Waals surface area contributed by atoms with Gasteiger partial charge in [0.1, 0.15) is 0 Å². The zero-order valence-corrected chi connectivity index (χ0v) is 11.1. The maximum atomic E-state index is 12.1. The van der Waals surface area contributed by atoms with Gasteiger partial charge in [0.25, 0.3) is 5.91 Å². The van der Waals surface area contributed by atoms with Crippen LogP contribution >= 0.6 is 0 Å². The van der Waals surface area contributed by atoms with Crippen LogP contribution in [0.1, 0.15) is 35.8 Å². The van der Waals surface area contributed by atoms with E-state index in [0.717, 1.165) is 17.8 Å². The SMILES string of the molecule is CCNc1ccc(C(=O)NC(C)c2cn[nH]c2)cc1. The van der Waals surface area contributed by atoms with Crippen LogP contribution in [-0.4, -0.2) is 22.6 Å². The highest BCUT2D eigenvalue weighted by Crippen LogP contribution is 2.13. The van der Waals surface area contributed by atoms with Crippen molar-refractivity contribution in [3.05, 3.63) is 47.8 Å². The smallest absolute Gasteiger partial charge is 0.251 e. The van der Waals surface area contributed by atoms with Gasteiger partial charge in [-0.1, -0.05) is 0 Å². The molecule has 0 aliphatic carbocycles. The molecule has 5 heteroatoms. The van der Waals surface area contributed by atoms with Crippen molar-refractivity contribution >= 4 is 11.6 Å². The Balaban J connectivity index is 1.99. The Bertz CT molecular complexity index is 519. The molecule has 1 aromatic carbocycles. The first-order chi connectivity index (χ1) is 9.20. The fraction of sp³-hybridized carbons (Fsp3) is 0.286. The molecule has 0 aliphatic heterocycles. The van der Waals surface area contributed by atoms with Crippen LogP contribution in [-0.2, 0) is 0 Å². The minimum atomic E-state index is -0.0863. The number of nitrogens with zero attached hydrogens (tertiary/aromatic N) is 1. The molecule has 0 saturated heterocycles. The van der Waals surface area contributed by atoms with Crippen molar-refractivity contribution in [3.63, 3.8) is 0 Å². The summed E-state index contributed by atoms with van der Waals surface area (Å²) in [6.07, 6.45) is 3.48. The van der Waals surface area contributed by atoms with Crippen molar-refractivity contribution in [1.29, 1.82) is 0 Å². The second-order valence-electron chi connectivity index (χ2n) is 4.33. The Morgan fingerprint density at radius 1 is 1.37 bits per heavy atom. The monoisotopic (exact) mass is 258 g/mol. The van der Waals surface area contributed by atoms with Gasteiger partial charge >= 0.3 is 0 Å². The molecule has 1 heterocycles. The van der Waals surface area contributed by atoms with E-state index in [2.05, 4.69) is 20.8 Å². The third-order valence-electron chi connectivity index (χ3n) is 2.89. The number of hydrogen-bond donors (Lipinski definition) is 3. The summed E-state index contributed by atoms with van der Waals surface area (Å²) in [5.41, 5.74) is 2.62. The maximum absolute atomic E-state index is 12.1. The van der Waals surface area contributed by atoms with Gasteiger partial charge in [0.2, 0.25) is 0 Å². The fourth-order valence-electron chi connectivity index (χ4n) is 1.80. The van der Waals surface area contributed by atoms with E-state index in [1.165, 1.54) is 0 Å². The number of carbonyl (C=O) groups is 1. The molecular formula is C14H18N4O. The summed E-state index contributed by atoms with van der Waals surface area (Å²) in [5.74, 6) is -0.0863. The molecule has 0 spiro atoms. The summed E-state index contributed by atoms with van der Waals surface area (Å²) in [4.78, 5) is 12.1. The first-order valence-corrected chi connectivity index (χ1v) is 6.34. The van der Waals surface area contributed by atoms with Crippen LogP contribution in [0.5, 0.6) is 0 Å². The number of hydrogen-bond acceptors (Lipinski definition) is 3. The summed E-state index contributed by atoms with van der Waals surface area (Å²) in [7, 11) is 0. The zero-order valence-electron chi connectivity index (χ0n) is 11.1. The normalized spacial score (nSPS) is 11.9. The van der Waals surface area contributed by atoms with Gasteiger partial charge in [0, 0.05) is 29.6 Å². The number of rotatable bonds is 5. The first-order valence-electron chi connectivity index (χ1n) is 6.34. The van der Waals surface area contributed by atoms with E-state index in [1.807, 2.05) is 38.1 Å². The van der Waals surface area contributed by atoms with Gasteiger partial charge in [-0.05, 0) is 38.1 Å². The predicted octanol–water partition coefficient (Wildman–Crippen LogP) is 2.33. The maximum Gasteiger partial charge on any atom is 0.251 e. The van der Waals surface area contributed by atoms with E-state index >= 15 is 0 Å². The van der Waals surface area contributed by atoms with Crippen molar-refractivity contribution in [2.45, 2.75) is 19.9 Å². The van der Waals surface area contributed by atoms with Crippen LogP contribution in [0.25, 0.3) is 0 Å². The van der Waals surface area contributed by atoms with Gasteiger partial charge < -0.3 is 10.6 Å². The minimum absolute atomic E-state index is 0.0697. The van der Waals surface area contributed by atoms with Crippen LogP contribution in [0, 0.1) is 0 Å². The lowest BCUT2D eigenvalue weighted by atomic mass is 10.1. The van der Waals surface area contributed by atoms with Crippen LogP contribution in [0.4, 0.5) is 5.69 Å². The largest absolute Gasteiger partial charge is 0.385 e. The number of aromatic nitrogens is 2. The van der Waals surface area contributed by atoms with Crippen molar-refractivity contribution in [2.24, 2.45) is 0 Å². The number of carbonyl (C=O) groups excluding carboxylic acids is 1. The second-order valence-corrected chi connectivity index (χ2v) is 4.33. The van der Waals surface area contributed by atoms with E-state index in [1.54, 1.807) is 12.4 Å². The topological polar surface area (TPSA) is 69.8 Å². The molecule has 3 N–H and O–H groups in total. The molecule has 5 nitrogen and oxygen atoms in total. The number of amides is 1. The highest BCUT2D eigenvalue weighted by molar-refractivity contribution is 5.94. The lowest BCUT2D eigenvalue weighted by molar-refractivity contribution is 0.0940. The molecule has 1 amide bonds. The lowest BCUT2D eigenvalue weighted by Crippen LogP contribution is -2.26. The van der Waals surface area contributed by atoms with Gasteiger partial charge in [-0.3, -0.25) is 9.89 Å². The number of benzene rings is 1. The van der Waals surface area contributed by atoms with Crippen LogP contribution in [0.3, 0.4) is 0 Å². The van der Waals surface area contributed by atoms with Crippen molar-refractivity contribution in [3.8, 4) is 0 Å². The molecule has 1 unspecified atom stereocenters. The number of anilines is 1. The zero-order chi connectivity index (χ0) is 13.7. The van der Waals surface area contributed by atoms with Gasteiger partial charge in [-0.2, -0.15) is 5.10 Å². The Labute approximate surface area is 112 Å². The number of nitrogens with one attached hydrogen (secondary N) is 3. The predicted molar refractivity (Wildman–Crippen MR) is 75.1 cm³/mol. The van der Waals surface area contributed by atoms with Crippen LogP contribution < -0.4 is 10.6 Å². The quantitative estimate of drug-likeness (QED) is 0.771. The molecule has 0 bridgehead atoms.